The molecular weight excluding hydrogens is 396 g/mol. The van der Waals surface area contributed by atoms with Crippen molar-refractivity contribution in [2.45, 2.75) is 62.8 Å². The van der Waals surface area contributed by atoms with Crippen LogP contribution in [0.25, 0.3) is 0 Å². The zero-order valence-corrected chi connectivity index (χ0v) is 16.4. The van der Waals surface area contributed by atoms with Crippen LogP contribution in [0.15, 0.2) is 24.4 Å². The van der Waals surface area contributed by atoms with Gasteiger partial charge in [0.15, 0.2) is 0 Å². The van der Waals surface area contributed by atoms with E-state index in [4.69, 9.17) is 4.74 Å². The number of nitrogens with one attached hydrogen (secondary N) is 2. The fraction of sp³-hybridized carbons (Fsp3) is 0.550. The minimum atomic E-state index is -0.733. The summed E-state index contributed by atoms with van der Waals surface area (Å²) < 4.78 is 34.7. The number of ether oxygens (including phenoxy) is 1. The van der Waals surface area contributed by atoms with E-state index in [-0.39, 0.29) is 18.4 Å². The van der Waals surface area contributed by atoms with Crippen LogP contribution >= 0.6 is 0 Å². The minimum Gasteiger partial charge on any atom is -0.394 e. The Bertz CT molecular complexity index is 889. The highest BCUT2D eigenvalue weighted by Crippen LogP contribution is 2.38. The third-order valence-electron chi connectivity index (χ3n) is 5.52. The number of amides is 2. The first kappa shape index (κ1) is 20.7. The van der Waals surface area contributed by atoms with Gasteiger partial charge in [-0.15, -0.1) is 5.10 Å². The summed E-state index contributed by atoms with van der Waals surface area (Å²) in [5.41, 5.74) is 0.791. The Morgan fingerprint density at radius 3 is 2.87 bits per heavy atom. The van der Waals surface area contributed by atoms with Crippen molar-refractivity contribution >= 4 is 11.7 Å². The molecule has 4 rings (SSSR count). The molecule has 0 unspecified atom stereocenters. The number of carbonyl (C=O) groups excluding carboxylic acids is 1. The highest BCUT2D eigenvalue weighted by atomic mass is 19.1. The molecule has 30 heavy (non-hydrogen) atoms. The number of aliphatic hydroxyl groups excluding tert-OH is 1. The van der Waals surface area contributed by atoms with E-state index in [1.807, 2.05) is 10.9 Å². The zero-order valence-electron chi connectivity index (χ0n) is 16.4. The van der Waals surface area contributed by atoms with Gasteiger partial charge in [-0.2, -0.15) is 0 Å². The van der Waals surface area contributed by atoms with Crippen LogP contribution in [0.1, 0.15) is 43.7 Å². The lowest BCUT2D eigenvalue weighted by atomic mass is 9.97. The average Bonchev–Trinajstić information content (AvgIpc) is 3.48. The van der Waals surface area contributed by atoms with Gasteiger partial charge in [-0.05, 0) is 44.2 Å². The Hall–Kier alpha value is -2.59. The number of carbonyl (C=O) groups is 1. The molecule has 8 nitrogen and oxygen atoms in total. The molecule has 2 aliphatic rings. The molecule has 2 heterocycles. The summed E-state index contributed by atoms with van der Waals surface area (Å²) in [6.45, 7) is 0.408. The lowest BCUT2D eigenvalue weighted by Crippen LogP contribution is -2.52. The van der Waals surface area contributed by atoms with Gasteiger partial charge in [-0.3, -0.25) is 4.68 Å². The molecule has 1 aliphatic carbocycles. The topological polar surface area (TPSA) is 101 Å². The molecule has 1 saturated heterocycles. The second-order valence-electron chi connectivity index (χ2n) is 7.86. The minimum absolute atomic E-state index is 0.0718. The van der Waals surface area contributed by atoms with Crippen molar-refractivity contribution in [2.24, 2.45) is 0 Å². The third-order valence-corrected chi connectivity index (χ3v) is 5.52. The molecule has 10 heteroatoms. The number of hydrogen-bond acceptors (Lipinski definition) is 5. The quantitative estimate of drug-likeness (QED) is 0.638. The number of aromatic nitrogens is 3. The molecule has 1 saturated carbocycles. The van der Waals surface area contributed by atoms with Gasteiger partial charge in [-0.25, -0.2) is 13.6 Å². The van der Waals surface area contributed by atoms with Crippen molar-refractivity contribution in [3.05, 3.63) is 41.7 Å². The summed E-state index contributed by atoms with van der Waals surface area (Å²) in [7, 11) is 0. The number of nitrogens with zero attached hydrogens (tertiary/aromatic N) is 3. The van der Waals surface area contributed by atoms with Gasteiger partial charge in [0, 0.05) is 24.7 Å². The van der Waals surface area contributed by atoms with Crippen molar-refractivity contribution in [3.63, 3.8) is 0 Å². The lowest BCUT2D eigenvalue weighted by Gasteiger charge is -2.36. The second kappa shape index (κ2) is 9.05. The van der Waals surface area contributed by atoms with E-state index in [1.54, 1.807) is 0 Å². The van der Waals surface area contributed by atoms with E-state index < -0.39 is 29.8 Å². The number of aliphatic hydroxyl groups is 1. The fourth-order valence-corrected chi connectivity index (χ4v) is 3.69. The van der Waals surface area contributed by atoms with E-state index >= 15 is 0 Å². The standard InChI is InChI=1S/C20H25F2N5O3/c21-13-3-5-15(22)17(9-13)24-20(29)23-16-6-4-14(30-19(16)11-28)7-8-27-10-18(25-26-27)12-1-2-12/h3,5,9-10,12,14,16,19,28H,1-2,4,6-8,11H2,(H2,23,24,29)/t14-,16+,19+/m1/s1. The predicted octanol–water partition coefficient (Wildman–Crippen LogP) is 2.55. The second-order valence-corrected chi connectivity index (χ2v) is 7.86. The Kier molecular flexibility index (Phi) is 6.24. The van der Waals surface area contributed by atoms with Crippen molar-refractivity contribution in [3.8, 4) is 0 Å². The Morgan fingerprint density at radius 1 is 1.27 bits per heavy atom. The molecule has 0 radical (unpaired) electrons. The van der Waals surface area contributed by atoms with Gasteiger partial charge in [0.05, 0.1) is 30.1 Å². The summed E-state index contributed by atoms with van der Waals surface area (Å²) in [5.74, 6) is -0.828. The number of urea groups is 1. The molecule has 1 aromatic carbocycles. The average molecular weight is 421 g/mol. The molecule has 1 aliphatic heterocycles. The van der Waals surface area contributed by atoms with Crippen LogP contribution in [0.3, 0.4) is 0 Å². The molecule has 3 N–H and O–H groups in total. The van der Waals surface area contributed by atoms with Gasteiger partial charge in [0.2, 0.25) is 0 Å². The molecule has 2 fully saturated rings. The first-order valence-corrected chi connectivity index (χ1v) is 10.2. The highest BCUT2D eigenvalue weighted by molar-refractivity contribution is 5.89. The molecular formula is C20H25F2N5O3. The number of hydrogen-bond donors (Lipinski definition) is 3. The van der Waals surface area contributed by atoms with Crippen LogP contribution in [0.4, 0.5) is 19.3 Å². The summed E-state index contributed by atoms with van der Waals surface area (Å²) >= 11 is 0. The van der Waals surface area contributed by atoms with Crippen LogP contribution in [0.2, 0.25) is 0 Å². The number of halogens is 2. The van der Waals surface area contributed by atoms with Crippen molar-refractivity contribution in [2.75, 3.05) is 11.9 Å². The Labute approximate surface area is 172 Å². The van der Waals surface area contributed by atoms with Crippen LogP contribution in [0.5, 0.6) is 0 Å². The van der Waals surface area contributed by atoms with Gasteiger partial charge in [-0.1, -0.05) is 5.21 Å². The van der Waals surface area contributed by atoms with Crippen LogP contribution in [-0.4, -0.2) is 51.0 Å². The van der Waals surface area contributed by atoms with E-state index in [0.717, 1.165) is 30.3 Å². The summed E-state index contributed by atoms with van der Waals surface area (Å²) in [6.07, 6.45) is 5.69. The number of rotatable bonds is 7. The van der Waals surface area contributed by atoms with Crippen molar-refractivity contribution < 1.29 is 23.4 Å². The maximum Gasteiger partial charge on any atom is 0.319 e. The Morgan fingerprint density at radius 2 is 2.10 bits per heavy atom. The van der Waals surface area contributed by atoms with Crippen molar-refractivity contribution in [1.82, 2.24) is 20.3 Å². The largest absolute Gasteiger partial charge is 0.394 e. The van der Waals surface area contributed by atoms with E-state index in [1.165, 1.54) is 12.8 Å². The number of anilines is 1. The predicted molar refractivity (Wildman–Crippen MR) is 104 cm³/mol. The fourth-order valence-electron chi connectivity index (χ4n) is 3.69. The smallest absolute Gasteiger partial charge is 0.319 e. The number of aryl methyl sites for hydroxylation is 1. The first-order chi connectivity index (χ1) is 14.5. The first-order valence-electron chi connectivity index (χ1n) is 10.2. The van der Waals surface area contributed by atoms with E-state index in [0.29, 0.717) is 25.3 Å². The molecule has 3 atom stereocenters. The van der Waals surface area contributed by atoms with Gasteiger partial charge in [0.1, 0.15) is 17.7 Å². The highest BCUT2D eigenvalue weighted by Gasteiger charge is 2.32. The summed E-state index contributed by atoms with van der Waals surface area (Å²) in [4.78, 5) is 12.2. The number of benzene rings is 1. The maximum absolute atomic E-state index is 13.7. The third kappa shape index (κ3) is 5.11. The summed E-state index contributed by atoms with van der Waals surface area (Å²) in [6, 6.07) is 1.71. The lowest BCUT2D eigenvalue weighted by molar-refractivity contribution is -0.0905. The normalized spacial score (nSPS) is 23.9. The SMILES string of the molecule is O=C(Nc1cc(F)ccc1F)N[C@H]1CC[C@H](CCn2cc(C3CC3)nn2)O[C@H]1CO. The van der Waals surface area contributed by atoms with E-state index in [2.05, 4.69) is 20.9 Å². The molecule has 162 valence electrons. The van der Waals surface area contributed by atoms with Gasteiger partial charge < -0.3 is 20.5 Å². The van der Waals surface area contributed by atoms with Crippen molar-refractivity contribution in [1.29, 1.82) is 0 Å². The molecule has 2 amide bonds. The molecule has 0 spiro atoms. The van der Waals surface area contributed by atoms with Crippen LogP contribution < -0.4 is 10.6 Å². The van der Waals surface area contributed by atoms with Gasteiger partial charge >= 0.3 is 6.03 Å². The van der Waals surface area contributed by atoms with E-state index in [9.17, 15) is 18.7 Å². The molecule has 0 bridgehead atoms. The molecule has 2 aromatic rings. The Balaban J connectivity index is 1.26. The summed E-state index contributed by atoms with van der Waals surface area (Å²) in [5, 5.41) is 23.0. The monoisotopic (exact) mass is 421 g/mol. The maximum atomic E-state index is 13.7. The van der Waals surface area contributed by atoms with Crippen LogP contribution in [0, 0.1) is 11.6 Å². The van der Waals surface area contributed by atoms with Gasteiger partial charge in [0.25, 0.3) is 0 Å². The van der Waals surface area contributed by atoms with Crippen LogP contribution in [-0.2, 0) is 11.3 Å². The molecule has 1 aromatic heterocycles. The zero-order chi connectivity index (χ0) is 21.1.